The van der Waals surface area contributed by atoms with Crippen molar-refractivity contribution in [3.8, 4) is 16.3 Å². The highest BCUT2D eigenvalue weighted by Gasteiger charge is 2.28. The standard InChI is InChI=1S/C24H27N3O3S/c1-13-7-17(20-18(8-13)26-14(11-25-20)12-29-5)23-27-21-16(22(28)24(2,3)4)9-15(30-6)10-19(21)31-23/h7-11,22,28H,12H2,1-6H3. The SMILES string of the molecule is COCc1cnc2c(-c3nc4c(C(O)C(C)(C)C)cc(OC)cc4s3)cc(C)cc2n1. The van der Waals surface area contributed by atoms with Crippen molar-refractivity contribution in [2.24, 2.45) is 5.41 Å². The Hall–Kier alpha value is -2.61. The van der Waals surface area contributed by atoms with Crippen LogP contribution in [0, 0.1) is 12.3 Å². The molecule has 0 spiro atoms. The molecular formula is C24H27N3O3S. The van der Waals surface area contributed by atoms with Crippen LogP contribution in [-0.4, -0.2) is 34.3 Å². The molecule has 7 heteroatoms. The van der Waals surface area contributed by atoms with Gasteiger partial charge in [-0.15, -0.1) is 11.3 Å². The number of ether oxygens (including phenoxy) is 2. The average molecular weight is 438 g/mol. The topological polar surface area (TPSA) is 77.4 Å². The zero-order valence-electron chi connectivity index (χ0n) is 18.7. The van der Waals surface area contributed by atoms with Gasteiger partial charge in [-0.3, -0.25) is 4.98 Å². The summed E-state index contributed by atoms with van der Waals surface area (Å²) in [6, 6.07) is 7.96. The number of benzene rings is 2. The zero-order chi connectivity index (χ0) is 22.3. The van der Waals surface area contributed by atoms with Crippen LogP contribution < -0.4 is 4.74 Å². The number of fused-ring (bicyclic) bond motifs is 2. The van der Waals surface area contributed by atoms with Crippen molar-refractivity contribution in [3.05, 3.63) is 47.3 Å². The summed E-state index contributed by atoms with van der Waals surface area (Å²) in [7, 11) is 3.28. The average Bonchev–Trinajstić information content (AvgIpc) is 3.15. The number of nitrogens with zero attached hydrogens (tertiary/aromatic N) is 3. The van der Waals surface area contributed by atoms with Crippen molar-refractivity contribution in [1.29, 1.82) is 0 Å². The molecule has 0 aliphatic carbocycles. The molecule has 162 valence electrons. The van der Waals surface area contributed by atoms with E-state index in [0.29, 0.717) is 12.4 Å². The lowest BCUT2D eigenvalue weighted by Gasteiger charge is -2.26. The maximum Gasteiger partial charge on any atom is 0.126 e. The number of aryl methyl sites for hydroxylation is 1. The minimum Gasteiger partial charge on any atom is -0.497 e. The molecule has 0 aliphatic heterocycles. The Morgan fingerprint density at radius 2 is 1.84 bits per heavy atom. The van der Waals surface area contributed by atoms with Gasteiger partial charge in [-0.1, -0.05) is 20.8 Å². The summed E-state index contributed by atoms with van der Waals surface area (Å²) in [4.78, 5) is 14.3. The van der Waals surface area contributed by atoms with E-state index in [1.54, 1.807) is 31.8 Å². The molecular weight excluding hydrogens is 410 g/mol. The van der Waals surface area contributed by atoms with E-state index in [2.05, 4.69) is 11.1 Å². The van der Waals surface area contributed by atoms with Crippen LogP contribution in [-0.2, 0) is 11.3 Å². The second kappa shape index (κ2) is 8.15. The van der Waals surface area contributed by atoms with E-state index >= 15 is 0 Å². The molecule has 4 rings (SSSR count). The van der Waals surface area contributed by atoms with E-state index in [4.69, 9.17) is 19.4 Å². The van der Waals surface area contributed by atoms with Crippen LogP contribution in [0.2, 0.25) is 0 Å². The highest BCUT2D eigenvalue weighted by Crippen LogP contribution is 2.42. The minimum absolute atomic E-state index is 0.331. The van der Waals surface area contributed by atoms with Gasteiger partial charge in [0.15, 0.2) is 0 Å². The van der Waals surface area contributed by atoms with Crippen LogP contribution in [0.25, 0.3) is 31.8 Å². The van der Waals surface area contributed by atoms with Gasteiger partial charge in [0.1, 0.15) is 10.8 Å². The first-order valence-corrected chi connectivity index (χ1v) is 10.9. The Morgan fingerprint density at radius 3 is 2.52 bits per heavy atom. The summed E-state index contributed by atoms with van der Waals surface area (Å²) in [6.45, 7) is 8.49. The predicted molar refractivity (Wildman–Crippen MR) is 125 cm³/mol. The van der Waals surface area contributed by atoms with E-state index in [0.717, 1.165) is 48.6 Å². The van der Waals surface area contributed by atoms with Gasteiger partial charge >= 0.3 is 0 Å². The first kappa shape index (κ1) is 21.6. The lowest BCUT2D eigenvalue weighted by atomic mass is 9.84. The lowest BCUT2D eigenvalue weighted by molar-refractivity contribution is 0.0636. The molecule has 31 heavy (non-hydrogen) atoms. The van der Waals surface area contributed by atoms with Gasteiger partial charge in [-0.2, -0.15) is 0 Å². The van der Waals surface area contributed by atoms with Crippen LogP contribution in [0.3, 0.4) is 0 Å². The maximum absolute atomic E-state index is 11.0. The van der Waals surface area contributed by atoms with E-state index < -0.39 is 6.10 Å². The van der Waals surface area contributed by atoms with E-state index in [9.17, 15) is 5.11 Å². The second-order valence-corrected chi connectivity index (χ2v) is 9.86. The molecule has 1 N–H and O–H groups in total. The number of aliphatic hydroxyl groups is 1. The predicted octanol–water partition coefficient (Wildman–Crippen LogP) is 5.45. The van der Waals surface area contributed by atoms with Crippen molar-refractivity contribution in [3.63, 3.8) is 0 Å². The zero-order valence-corrected chi connectivity index (χ0v) is 19.5. The summed E-state index contributed by atoms with van der Waals surface area (Å²) < 4.78 is 11.7. The molecule has 2 heterocycles. The molecule has 1 atom stereocenters. The number of aromatic nitrogens is 3. The van der Waals surface area contributed by atoms with Crippen LogP contribution in [0.15, 0.2) is 30.5 Å². The molecule has 0 radical (unpaired) electrons. The van der Waals surface area contributed by atoms with Crippen LogP contribution >= 0.6 is 11.3 Å². The normalized spacial score (nSPS) is 13.1. The Morgan fingerprint density at radius 1 is 1.06 bits per heavy atom. The number of aliphatic hydroxyl groups excluding tert-OH is 1. The number of hydrogen-bond acceptors (Lipinski definition) is 7. The third-order valence-corrected chi connectivity index (χ3v) is 6.25. The van der Waals surface area contributed by atoms with Gasteiger partial charge in [0, 0.05) is 18.2 Å². The summed E-state index contributed by atoms with van der Waals surface area (Å²) in [6.07, 6.45) is 1.07. The fourth-order valence-corrected chi connectivity index (χ4v) is 4.67. The molecule has 4 aromatic rings. The summed E-state index contributed by atoms with van der Waals surface area (Å²) in [5, 5.41) is 11.9. The van der Waals surface area contributed by atoms with Crippen molar-refractivity contribution in [2.45, 2.75) is 40.4 Å². The molecule has 6 nitrogen and oxygen atoms in total. The molecule has 0 saturated heterocycles. The summed E-state index contributed by atoms with van der Waals surface area (Å²) >= 11 is 1.57. The van der Waals surface area contributed by atoms with Gasteiger partial charge < -0.3 is 14.6 Å². The van der Waals surface area contributed by atoms with E-state index in [1.807, 2.05) is 45.9 Å². The third-order valence-electron chi connectivity index (χ3n) is 5.21. The van der Waals surface area contributed by atoms with Gasteiger partial charge in [-0.05, 0) is 42.2 Å². The van der Waals surface area contributed by atoms with Crippen LogP contribution in [0.5, 0.6) is 5.75 Å². The third kappa shape index (κ3) is 4.13. The van der Waals surface area contributed by atoms with Crippen LogP contribution in [0.1, 0.15) is 43.7 Å². The van der Waals surface area contributed by atoms with Crippen molar-refractivity contribution in [1.82, 2.24) is 15.0 Å². The van der Waals surface area contributed by atoms with E-state index in [1.165, 1.54) is 0 Å². The van der Waals surface area contributed by atoms with Crippen LogP contribution in [0.4, 0.5) is 0 Å². The first-order chi connectivity index (χ1) is 14.7. The highest BCUT2D eigenvalue weighted by atomic mass is 32.1. The Balaban J connectivity index is 1.94. The number of methoxy groups -OCH3 is 2. The number of hydrogen-bond donors (Lipinski definition) is 1. The minimum atomic E-state index is -0.675. The fraction of sp³-hybridized carbons (Fsp3) is 0.375. The molecule has 0 aliphatic rings. The monoisotopic (exact) mass is 437 g/mol. The second-order valence-electron chi connectivity index (χ2n) is 8.83. The lowest BCUT2D eigenvalue weighted by Crippen LogP contribution is -2.18. The summed E-state index contributed by atoms with van der Waals surface area (Å²) in [5.74, 6) is 0.707. The van der Waals surface area contributed by atoms with Gasteiger partial charge in [-0.25, -0.2) is 9.97 Å². The quantitative estimate of drug-likeness (QED) is 0.447. The molecule has 2 aromatic carbocycles. The maximum atomic E-state index is 11.0. The summed E-state index contributed by atoms with van der Waals surface area (Å²) in [5.41, 5.74) is 5.65. The molecule has 0 bridgehead atoms. The molecule has 0 saturated carbocycles. The Labute approximate surface area is 185 Å². The molecule has 0 amide bonds. The number of thiazole rings is 1. The Bertz CT molecular complexity index is 1260. The Kier molecular flexibility index (Phi) is 5.68. The van der Waals surface area contributed by atoms with Crippen molar-refractivity contribution >= 4 is 32.6 Å². The number of rotatable bonds is 5. The fourth-order valence-electron chi connectivity index (χ4n) is 3.62. The first-order valence-electron chi connectivity index (χ1n) is 10.1. The molecule has 1 unspecified atom stereocenters. The smallest absolute Gasteiger partial charge is 0.126 e. The largest absolute Gasteiger partial charge is 0.497 e. The van der Waals surface area contributed by atoms with Crippen molar-refractivity contribution < 1.29 is 14.6 Å². The highest BCUT2D eigenvalue weighted by molar-refractivity contribution is 7.21. The van der Waals surface area contributed by atoms with E-state index in [-0.39, 0.29) is 5.41 Å². The van der Waals surface area contributed by atoms with Gasteiger partial charge in [0.05, 0.1) is 53.0 Å². The molecule has 2 aromatic heterocycles. The van der Waals surface area contributed by atoms with Gasteiger partial charge in [0.2, 0.25) is 0 Å². The van der Waals surface area contributed by atoms with Gasteiger partial charge in [0.25, 0.3) is 0 Å². The molecule has 0 fully saturated rings. The van der Waals surface area contributed by atoms with Crippen molar-refractivity contribution in [2.75, 3.05) is 14.2 Å².